The molecule has 6 nitrogen and oxygen atoms in total. The van der Waals surface area contributed by atoms with Crippen molar-refractivity contribution in [1.29, 1.82) is 0 Å². The number of nitrogens with one attached hydrogen (secondary N) is 1. The van der Waals surface area contributed by atoms with Crippen LogP contribution in [0.3, 0.4) is 0 Å². The van der Waals surface area contributed by atoms with Crippen LogP contribution in [0.4, 0.5) is 0 Å². The van der Waals surface area contributed by atoms with Gasteiger partial charge in [-0.1, -0.05) is 41.9 Å². The number of hydrogen-bond donors (Lipinski definition) is 1. The van der Waals surface area contributed by atoms with Crippen LogP contribution in [0.5, 0.6) is 0 Å². The average Bonchev–Trinajstić information content (AvgIpc) is 2.86. The Morgan fingerprint density at radius 2 is 1.91 bits per heavy atom. The number of halogens is 1. The third kappa shape index (κ3) is 3.03. The van der Waals surface area contributed by atoms with E-state index in [1.807, 2.05) is 30.3 Å². The van der Waals surface area contributed by atoms with Crippen molar-refractivity contribution in [2.24, 2.45) is 0 Å². The second-order valence-electron chi connectivity index (χ2n) is 5.04. The van der Waals surface area contributed by atoms with Crippen LogP contribution in [-0.2, 0) is 16.6 Å². The second kappa shape index (κ2) is 5.84. The van der Waals surface area contributed by atoms with Crippen LogP contribution in [0.15, 0.2) is 56.6 Å². The van der Waals surface area contributed by atoms with E-state index in [2.05, 4.69) is 4.98 Å². The van der Waals surface area contributed by atoms with E-state index in [0.717, 1.165) is 5.56 Å². The van der Waals surface area contributed by atoms with Gasteiger partial charge in [0.2, 0.25) is 10.0 Å². The Balaban J connectivity index is 2.01. The molecular weight excluding hydrogens is 340 g/mol. The van der Waals surface area contributed by atoms with E-state index in [1.54, 1.807) is 0 Å². The predicted molar refractivity (Wildman–Crippen MR) is 86.9 cm³/mol. The summed E-state index contributed by atoms with van der Waals surface area (Å²) in [6.45, 7) is 0.203. The maximum absolute atomic E-state index is 12.7. The number of hydrogen-bond acceptors (Lipinski definition) is 4. The molecule has 0 unspecified atom stereocenters. The number of fused-ring (bicyclic) bond motifs is 1. The first kappa shape index (κ1) is 15.8. The Hall–Kier alpha value is -2.09. The minimum Gasteiger partial charge on any atom is -0.408 e. The van der Waals surface area contributed by atoms with E-state index in [4.69, 9.17) is 16.0 Å². The Kier molecular flexibility index (Phi) is 4.01. The molecule has 1 aromatic heterocycles. The SMILES string of the molecule is CN(Cc1ccccc1)S(=O)(=O)c1cc2oc(=O)[nH]c2cc1Cl. The molecule has 120 valence electrons. The third-order valence-electron chi connectivity index (χ3n) is 3.41. The number of oxazole rings is 1. The van der Waals surface area contributed by atoms with Gasteiger partial charge in [0, 0.05) is 19.7 Å². The molecule has 1 N–H and O–H groups in total. The highest BCUT2D eigenvalue weighted by Crippen LogP contribution is 2.28. The molecule has 0 amide bonds. The van der Waals surface area contributed by atoms with E-state index in [-0.39, 0.29) is 22.0 Å². The number of benzene rings is 2. The van der Waals surface area contributed by atoms with Crippen molar-refractivity contribution in [2.45, 2.75) is 11.4 Å². The third-order valence-corrected chi connectivity index (χ3v) is 5.68. The lowest BCUT2D eigenvalue weighted by molar-refractivity contribution is 0.466. The molecule has 2 aromatic carbocycles. The van der Waals surface area contributed by atoms with Gasteiger partial charge in [-0.2, -0.15) is 4.31 Å². The Morgan fingerprint density at radius 1 is 1.22 bits per heavy atom. The summed E-state index contributed by atoms with van der Waals surface area (Å²) < 4.78 is 31.5. The number of rotatable bonds is 4. The molecule has 0 bridgehead atoms. The first-order valence-corrected chi connectivity index (χ1v) is 8.52. The fourth-order valence-corrected chi connectivity index (χ4v) is 3.92. The van der Waals surface area contributed by atoms with E-state index >= 15 is 0 Å². The summed E-state index contributed by atoms with van der Waals surface area (Å²) in [5.74, 6) is -0.664. The number of H-pyrrole nitrogens is 1. The monoisotopic (exact) mass is 352 g/mol. The second-order valence-corrected chi connectivity index (χ2v) is 7.46. The van der Waals surface area contributed by atoms with E-state index in [1.165, 1.54) is 23.5 Å². The highest BCUT2D eigenvalue weighted by atomic mass is 35.5. The van der Waals surface area contributed by atoms with Gasteiger partial charge in [-0.05, 0) is 11.6 Å². The smallest absolute Gasteiger partial charge is 0.408 e. The number of sulfonamides is 1. The van der Waals surface area contributed by atoms with Crippen molar-refractivity contribution in [1.82, 2.24) is 9.29 Å². The maximum Gasteiger partial charge on any atom is 0.417 e. The van der Waals surface area contributed by atoms with Gasteiger partial charge in [0.15, 0.2) is 5.58 Å². The van der Waals surface area contributed by atoms with Crippen molar-refractivity contribution in [3.05, 3.63) is 63.6 Å². The normalized spacial score (nSPS) is 12.1. The van der Waals surface area contributed by atoms with Gasteiger partial charge >= 0.3 is 5.76 Å². The van der Waals surface area contributed by atoms with Gasteiger partial charge < -0.3 is 4.42 Å². The maximum atomic E-state index is 12.7. The first-order valence-electron chi connectivity index (χ1n) is 6.70. The van der Waals surface area contributed by atoms with Gasteiger partial charge in [0.25, 0.3) is 0 Å². The molecule has 8 heteroatoms. The molecular formula is C15H13ClN2O4S. The molecule has 3 rings (SSSR count). The van der Waals surface area contributed by atoms with Crippen LogP contribution in [0.1, 0.15) is 5.56 Å². The molecule has 0 spiro atoms. The van der Waals surface area contributed by atoms with Crippen LogP contribution in [0, 0.1) is 0 Å². The van der Waals surface area contributed by atoms with Gasteiger partial charge in [-0.15, -0.1) is 0 Å². The fourth-order valence-electron chi connectivity index (χ4n) is 2.24. The van der Waals surface area contributed by atoms with Crippen molar-refractivity contribution >= 4 is 32.7 Å². The zero-order valence-electron chi connectivity index (χ0n) is 12.1. The molecule has 0 aliphatic heterocycles. The van der Waals surface area contributed by atoms with Gasteiger partial charge in [0.05, 0.1) is 10.5 Å². The minimum absolute atomic E-state index is 0.0226. The molecule has 3 aromatic rings. The summed E-state index contributed by atoms with van der Waals surface area (Å²) >= 11 is 6.07. The van der Waals surface area contributed by atoms with Crippen LogP contribution < -0.4 is 5.76 Å². The van der Waals surface area contributed by atoms with Crippen molar-refractivity contribution in [2.75, 3.05) is 7.05 Å². The zero-order valence-corrected chi connectivity index (χ0v) is 13.7. The summed E-state index contributed by atoms with van der Waals surface area (Å²) in [5, 5.41) is 0.0226. The topological polar surface area (TPSA) is 83.4 Å². The summed E-state index contributed by atoms with van der Waals surface area (Å²) in [4.78, 5) is 13.5. The summed E-state index contributed by atoms with van der Waals surface area (Å²) in [6, 6.07) is 11.8. The molecule has 0 saturated heterocycles. The molecule has 1 heterocycles. The Bertz CT molecular complexity index is 1010. The van der Waals surface area contributed by atoms with E-state index in [9.17, 15) is 13.2 Å². The summed E-state index contributed by atoms with van der Waals surface area (Å²) in [7, 11) is -2.36. The lowest BCUT2D eigenvalue weighted by Gasteiger charge is -2.18. The molecule has 0 saturated carbocycles. The molecule has 0 radical (unpaired) electrons. The fraction of sp³-hybridized carbons (Fsp3) is 0.133. The molecule has 0 atom stereocenters. The average molecular weight is 353 g/mol. The summed E-state index contributed by atoms with van der Waals surface area (Å²) in [6.07, 6.45) is 0. The number of aromatic amines is 1. The molecule has 0 aliphatic carbocycles. The van der Waals surface area contributed by atoms with E-state index < -0.39 is 15.8 Å². The summed E-state index contributed by atoms with van der Waals surface area (Å²) in [5.41, 5.74) is 1.35. The standard InChI is InChI=1S/C15H13ClN2O4S/c1-18(9-10-5-3-2-4-6-10)23(20,21)14-8-13-12(7-11(14)16)17-15(19)22-13/h2-8H,9H2,1H3,(H,17,19). The Morgan fingerprint density at radius 3 is 2.61 bits per heavy atom. The zero-order chi connectivity index (χ0) is 16.6. The minimum atomic E-state index is -3.82. The van der Waals surface area contributed by atoms with Crippen molar-refractivity contribution in [3.63, 3.8) is 0 Å². The predicted octanol–water partition coefficient (Wildman–Crippen LogP) is 2.60. The van der Waals surface area contributed by atoms with Crippen LogP contribution in [0.2, 0.25) is 5.02 Å². The quantitative estimate of drug-likeness (QED) is 0.782. The van der Waals surface area contributed by atoms with Gasteiger partial charge in [-0.25, -0.2) is 13.2 Å². The van der Waals surface area contributed by atoms with Crippen molar-refractivity contribution in [3.8, 4) is 0 Å². The van der Waals surface area contributed by atoms with Crippen LogP contribution in [-0.4, -0.2) is 24.8 Å². The van der Waals surface area contributed by atoms with Crippen LogP contribution >= 0.6 is 11.6 Å². The number of aromatic nitrogens is 1. The highest BCUT2D eigenvalue weighted by Gasteiger charge is 2.25. The highest BCUT2D eigenvalue weighted by molar-refractivity contribution is 7.89. The Labute approximate surface area is 137 Å². The van der Waals surface area contributed by atoms with E-state index in [0.29, 0.717) is 5.52 Å². The van der Waals surface area contributed by atoms with Gasteiger partial charge in [0.1, 0.15) is 4.90 Å². The van der Waals surface area contributed by atoms with Crippen LogP contribution in [0.25, 0.3) is 11.1 Å². The molecule has 0 fully saturated rings. The largest absolute Gasteiger partial charge is 0.417 e. The molecule has 0 aliphatic rings. The molecule has 23 heavy (non-hydrogen) atoms. The first-order chi connectivity index (χ1) is 10.9. The lowest BCUT2D eigenvalue weighted by Crippen LogP contribution is -2.26. The van der Waals surface area contributed by atoms with Crippen molar-refractivity contribution < 1.29 is 12.8 Å². The number of nitrogens with zero attached hydrogens (tertiary/aromatic N) is 1. The lowest BCUT2D eigenvalue weighted by atomic mass is 10.2. The van der Waals surface area contributed by atoms with Gasteiger partial charge in [-0.3, -0.25) is 4.98 Å².